The van der Waals surface area contributed by atoms with Crippen LogP contribution in [-0.2, 0) is 0 Å². The molecule has 32 heavy (non-hydrogen) atoms. The smallest absolute Gasteiger partial charge is 0.282 e. The van der Waals surface area contributed by atoms with E-state index in [0.29, 0.717) is 33.3 Å². The van der Waals surface area contributed by atoms with E-state index in [1.807, 2.05) is 13.8 Å². The second-order valence-corrected chi connectivity index (χ2v) is 9.22. The van der Waals surface area contributed by atoms with E-state index in [9.17, 15) is 4.39 Å². The van der Waals surface area contributed by atoms with E-state index >= 15 is 0 Å². The van der Waals surface area contributed by atoms with Gasteiger partial charge in [-0.2, -0.15) is 5.10 Å². The van der Waals surface area contributed by atoms with Gasteiger partial charge >= 0.3 is 0 Å². The topological polar surface area (TPSA) is 81.0 Å². The quantitative estimate of drug-likeness (QED) is 0.618. The summed E-state index contributed by atoms with van der Waals surface area (Å²) in [7, 11) is 0. The van der Waals surface area contributed by atoms with Crippen LogP contribution < -0.4 is 15.0 Å². The number of aromatic nitrogens is 5. The number of hydrogen-bond donors (Lipinski definition) is 1. The number of nitrogens with zero attached hydrogens (tertiary/aromatic N) is 6. The summed E-state index contributed by atoms with van der Waals surface area (Å²) in [4.78, 5) is 6.61. The molecular weight excluding hydrogens is 433 g/mol. The average Bonchev–Trinajstić information content (AvgIpc) is 3.16. The highest BCUT2D eigenvalue weighted by atomic mass is 35.5. The summed E-state index contributed by atoms with van der Waals surface area (Å²) >= 11 is 6.43. The van der Waals surface area contributed by atoms with Gasteiger partial charge in [-0.25, -0.2) is 9.37 Å². The highest BCUT2D eigenvalue weighted by molar-refractivity contribution is 6.33. The standard InChI is InChI=1S/C22H25ClFN7O/c1-14(2)31-19(17(23)10-28-31)16-9-15(24)3-4-18(16)32-21-20(26-13-27-29-21)30-11-22(12-30)5-7-25-8-6-22/h3-4,9-10,13-14,25H,5-8,11-12H2,1-2H3. The molecule has 168 valence electrons. The largest absolute Gasteiger partial charge is 0.434 e. The van der Waals surface area contributed by atoms with E-state index in [1.54, 1.807) is 16.9 Å². The molecule has 2 aromatic heterocycles. The van der Waals surface area contributed by atoms with Gasteiger partial charge in [0.05, 0.1) is 16.9 Å². The fourth-order valence-electron chi connectivity index (χ4n) is 4.59. The van der Waals surface area contributed by atoms with Gasteiger partial charge in [-0.05, 0) is 58.0 Å². The van der Waals surface area contributed by atoms with Crippen molar-refractivity contribution in [2.24, 2.45) is 5.41 Å². The SMILES string of the molecule is CC(C)n1ncc(Cl)c1-c1cc(F)ccc1Oc1nncnc1N1CC2(CCNCC2)C1. The Labute approximate surface area is 190 Å². The van der Waals surface area contributed by atoms with Crippen LogP contribution in [0.3, 0.4) is 0 Å². The molecule has 0 aliphatic carbocycles. The van der Waals surface area contributed by atoms with Gasteiger partial charge in [0.25, 0.3) is 5.88 Å². The zero-order valence-electron chi connectivity index (χ0n) is 18.1. The van der Waals surface area contributed by atoms with Gasteiger partial charge in [-0.1, -0.05) is 11.6 Å². The summed E-state index contributed by atoms with van der Waals surface area (Å²) in [5.74, 6) is 0.947. The third kappa shape index (κ3) is 3.80. The van der Waals surface area contributed by atoms with E-state index in [1.165, 1.54) is 18.5 Å². The van der Waals surface area contributed by atoms with Crippen LogP contribution in [0, 0.1) is 11.2 Å². The van der Waals surface area contributed by atoms with Crippen LogP contribution in [0.25, 0.3) is 11.3 Å². The van der Waals surface area contributed by atoms with Crippen molar-refractivity contribution in [1.82, 2.24) is 30.3 Å². The molecule has 0 bridgehead atoms. The number of hydrogen-bond acceptors (Lipinski definition) is 7. The number of ether oxygens (including phenoxy) is 1. The maximum absolute atomic E-state index is 14.2. The number of anilines is 1. The lowest BCUT2D eigenvalue weighted by atomic mass is 9.72. The Hall–Kier alpha value is -2.78. The molecule has 4 heterocycles. The first kappa shape index (κ1) is 21.1. The molecule has 0 unspecified atom stereocenters. The first-order chi connectivity index (χ1) is 15.5. The molecule has 5 rings (SSSR count). The molecule has 1 aromatic carbocycles. The monoisotopic (exact) mass is 457 g/mol. The van der Waals surface area contributed by atoms with Crippen LogP contribution in [0.5, 0.6) is 11.6 Å². The molecule has 0 atom stereocenters. The Kier molecular flexibility index (Phi) is 5.46. The summed E-state index contributed by atoms with van der Waals surface area (Å²) < 4.78 is 22.2. The van der Waals surface area contributed by atoms with Crippen LogP contribution in [0.15, 0.2) is 30.7 Å². The molecule has 0 saturated carbocycles. The minimum absolute atomic E-state index is 0.0321. The molecule has 2 saturated heterocycles. The Morgan fingerprint density at radius 3 is 2.75 bits per heavy atom. The van der Waals surface area contributed by atoms with Crippen LogP contribution in [-0.4, -0.2) is 51.1 Å². The van der Waals surface area contributed by atoms with Crippen molar-refractivity contribution in [3.8, 4) is 22.9 Å². The van der Waals surface area contributed by atoms with Crippen molar-refractivity contribution in [3.63, 3.8) is 0 Å². The van der Waals surface area contributed by atoms with E-state index in [-0.39, 0.29) is 11.9 Å². The van der Waals surface area contributed by atoms with E-state index in [2.05, 4.69) is 30.5 Å². The van der Waals surface area contributed by atoms with Gasteiger partial charge in [0.2, 0.25) is 0 Å². The molecule has 2 aliphatic heterocycles. The van der Waals surface area contributed by atoms with Crippen molar-refractivity contribution < 1.29 is 9.13 Å². The maximum Gasteiger partial charge on any atom is 0.282 e. The molecule has 2 fully saturated rings. The first-order valence-electron chi connectivity index (χ1n) is 10.8. The second-order valence-electron chi connectivity index (χ2n) is 8.82. The Bertz CT molecular complexity index is 1120. The Balaban J connectivity index is 1.47. The minimum atomic E-state index is -0.395. The number of piperidine rings is 1. The molecule has 0 amide bonds. The fourth-order valence-corrected chi connectivity index (χ4v) is 4.83. The zero-order chi connectivity index (χ0) is 22.3. The van der Waals surface area contributed by atoms with Gasteiger partial charge in [0, 0.05) is 30.1 Å². The number of rotatable bonds is 5. The highest BCUT2D eigenvalue weighted by Crippen LogP contribution is 2.44. The number of halogens is 2. The van der Waals surface area contributed by atoms with Crippen LogP contribution in [0.2, 0.25) is 5.02 Å². The molecule has 10 heteroatoms. The predicted octanol–water partition coefficient (Wildman–Crippen LogP) is 4.09. The summed E-state index contributed by atoms with van der Waals surface area (Å²) in [6, 6.07) is 4.35. The molecule has 3 aromatic rings. The normalized spacial score (nSPS) is 17.6. The first-order valence-corrected chi connectivity index (χ1v) is 11.2. The lowest BCUT2D eigenvalue weighted by molar-refractivity contribution is 0.148. The van der Waals surface area contributed by atoms with E-state index in [0.717, 1.165) is 39.0 Å². The Morgan fingerprint density at radius 1 is 1.22 bits per heavy atom. The molecule has 2 aliphatic rings. The number of benzene rings is 1. The number of nitrogens with one attached hydrogen (secondary N) is 1. The van der Waals surface area contributed by atoms with Crippen LogP contribution in [0.1, 0.15) is 32.7 Å². The van der Waals surface area contributed by atoms with Gasteiger partial charge < -0.3 is 15.0 Å². The summed E-state index contributed by atoms with van der Waals surface area (Å²) in [5.41, 5.74) is 1.41. The maximum atomic E-state index is 14.2. The highest BCUT2D eigenvalue weighted by Gasteiger charge is 2.45. The molecule has 0 radical (unpaired) electrons. The van der Waals surface area contributed by atoms with Crippen molar-refractivity contribution in [2.45, 2.75) is 32.7 Å². The summed E-state index contributed by atoms with van der Waals surface area (Å²) in [6.45, 7) is 7.87. The molecular formula is C22H25ClFN7O. The van der Waals surface area contributed by atoms with Gasteiger partial charge in [-0.3, -0.25) is 4.68 Å². The Morgan fingerprint density at radius 2 is 2.00 bits per heavy atom. The van der Waals surface area contributed by atoms with Gasteiger partial charge in [-0.15, -0.1) is 10.2 Å². The zero-order valence-corrected chi connectivity index (χ0v) is 18.8. The van der Waals surface area contributed by atoms with E-state index in [4.69, 9.17) is 16.3 Å². The second kappa shape index (κ2) is 8.29. The van der Waals surface area contributed by atoms with Crippen molar-refractivity contribution >= 4 is 17.4 Å². The lowest BCUT2D eigenvalue weighted by Gasteiger charge is -2.52. The van der Waals surface area contributed by atoms with Crippen LogP contribution in [0.4, 0.5) is 10.2 Å². The third-order valence-corrected chi connectivity index (χ3v) is 6.51. The van der Waals surface area contributed by atoms with Gasteiger partial charge in [0.1, 0.15) is 17.9 Å². The predicted molar refractivity (Wildman–Crippen MR) is 120 cm³/mol. The van der Waals surface area contributed by atoms with Crippen molar-refractivity contribution in [1.29, 1.82) is 0 Å². The molecule has 1 N–H and O–H groups in total. The summed E-state index contributed by atoms with van der Waals surface area (Å²) in [5, 5.41) is 16.3. The third-order valence-electron chi connectivity index (χ3n) is 6.23. The van der Waals surface area contributed by atoms with Gasteiger partial charge in [0.15, 0.2) is 5.82 Å². The average molecular weight is 458 g/mol. The van der Waals surface area contributed by atoms with Crippen LogP contribution >= 0.6 is 11.6 Å². The minimum Gasteiger partial charge on any atom is -0.434 e. The fraction of sp³-hybridized carbons (Fsp3) is 0.455. The van der Waals surface area contributed by atoms with E-state index < -0.39 is 5.82 Å². The molecule has 8 nitrogen and oxygen atoms in total. The van der Waals surface area contributed by atoms with Crippen molar-refractivity contribution in [3.05, 3.63) is 41.6 Å². The lowest BCUT2D eigenvalue weighted by Crippen LogP contribution is -2.60. The van der Waals surface area contributed by atoms with Crippen molar-refractivity contribution in [2.75, 3.05) is 31.1 Å². The molecule has 1 spiro atoms. The summed E-state index contributed by atoms with van der Waals surface area (Å²) in [6.07, 6.45) is 5.28.